The smallest absolute Gasteiger partial charge is 0.276 e. The van der Waals surface area contributed by atoms with Gasteiger partial charge in [0.05, 0.1) is 11.4 Å². The van der Waals surface area contributed by atoms with Crippen molar-refractivity contribution in [3.63, 3.8) is 0 Å². The van der Waals surface area contributed by atoms with E-state index in [0.29, 0.717) is 28.4 Å². The van der Waals surface area contributed by atoms with E-state index in [1.165, 1.54) is 16.8 Å². The molecule has 2 aromatic carbocycles. The summed E-state index contributed by atoms with van der Waals surface area (Å²) in [6, 6.07) is 10.9. The van der Waals surface area contributed by atoms with Crippen LogP contribution in [0.15, 0.2) is 48.7 Å². The third-order valence-corrected chi connectivity index (χ3v) is 4.40. The van der Waals surface area contributed by atoms with Crippen LogP contribution in [0.2, 0.25) is 0 Å². The van der Waals surface area contributed by atoms with Crippen LogP contribution < -0.4 is 15.4 Å². The van der Waals surface area contributed by atoms with E-state index in [4.69, 9.17) is 4.74 Å². The summed E-state index contributed by atoms with van der Waals surface area (Å²) in [6.45, 7) is 3.43. The molecule has 1 aromatic heterocycles. The molecule has 0 spiro atoms. The Labute approximate surface area is 160 Å². The van der Waals surface area contributed by atoms with E-state index in [1.807, 2.05) is 0 Å². The number of nitrogens with zero attached hydrogens (tertiary/aromatic N) is 2. The van der Waals surface area contributed by atoms with Gasteiger partial charge in [-0.1, -0.05) is 0 Å². The van der Waals surface area contributed by atoms with E-state index in [2.05, 4.69) is 15.7 Å². The Morgan fingerprint density at radius 2 is 2.07 bits per heavy atom. The highest BCUT2D eigenvalue weighted by Gasteiger charge is 2.23. The van der Waals surface area contributed by atoms with Gasteiger partial charge in [-0.3, -0.25) is 9.59 Å². The van der Waals surface area contributed by atoms with Crippen LogP contribution in [0.4, 0.5) is 15.8 Å². The zero-order chi connectivity index (χ0) is 19.8. The molecule has 1 atom stereocenters. The SMILES string of the molecule is Cc1cc(F)ccc1-n1ccc(C(=O)Nc2ccc3c(c2)NC(=O)[C@@H](C)O3)n1. The van der Waals surface area contributed by atoms with Gasteiger partial charge in [-0.2, -0.15) is 5.10 Å². The average molecular weight is 380 g/mol. The number of anilines is 2. The quantitative estimate of drug-likeness (QED) is 0.730. The van der Waals surface area contributed by atoms with Gasteiger partial charge >= 0.3 is 0 Å². The molecule has 0 aliphatic carbocycles. The molecule has 2 heterocycles. The molecule has 0 saturated heterocycles. The van der Waals surface area contributed by atoms with Gasteiger partial charge in [-0.25, -0.2) is 9.07 Å². The first kappa shape index (κ1) is 17.7. The lowest BCUT2D eigenvalue weighted by Gasteiger charge is -2.23. The van der Waals surface area contributed by atoms with Gasteiger partial charge < -0.3 is 15.4 Å². The molecule has 0 unspecified atom stereocenters. The Balaban J connectivity index is 1.53. The lowest BCUT2D eigenvalue weighted by atomic mass is 10.2. The lowest BCUT2D eigenvalue weighted by molar-refractivity contribution is -0.122. The van der Waals surface area contributed by atoms with Gasteiger partial charge in [0.1, 0.15) is 11.6 Å². The number of carbonyl (C=O) groups excluding carboxylic acids is 2. The molecule has 1 aliphatic heterocycles. The third-order valence-electron chi connectivity index (χ3n) is 4.40. The predicted octanol–water partition coefficient (Wildman–Crippen LogP) is 3.29. The first-order chi connectivity index (χ1) is 13.4. The molecule has 4 rings (SSSR count). The Hall–Kier alpha value is -3.68. The van der Waals surface area contributed by atoms with Crippen molar-refractivity contribution in [2.24, 2.45) is 0 Å². The molecule has 2 N–H and O–H groups in total. The maximum atomic E-state index is 13.3. The summed E-state index contributed by atoms with van der Waals surface area (Å²) in [5.74, 6) is -0.440. The topological polar surface area (TPSA) is 85.2 Å². The Morgan fingerprint density at radius 1 is 1.25 bits per heavy atom. The highest BCUT2D eigenvalue weighted by molar-refractivity contribution is 6.04. The molecule has 0 bridgehead atoms. The van der Waals surface area contributed by atoms with Crippen molar-refractivity contribution in [3.8, 4) is 11.4 Å². The van der Waals surface area contributed by atoms with Crippen molar-refractivity contribution in [1.82, 2.24) is 9.78 Å². The number of hydrogen-bond donors (Lipinski definition) is 2. The maximum Gasteiger partial charge on any atom is 0.276 e. The number of amides is 2. The summed E-state index contributed by atoms with van der Waals surface area (Å²) >= 11 is 0. The van der Waals surface area contributed by atoms with Crippen molar-refractivity contribution in [2.45, 2.75) is 20.0 Å². The van der Waals surface area contributed by atoms with Crippen LogP contribution in [0.25, 0.3) is 5.69 Å². The molecule has 1 aliphatic rings. The van der Waals surface area contributed by atoms with Crippen LogP contribution in [-0.2, 0) is 4.79 Å². The molecular formula is C20H17FN4O3. The number of ether oxygens (including phenoxy) is 1. The van der Waals surface area contributed by atoms with Gasteiger partial charge in [0.2, 0.25) is 0 Å². The van der Waals surface area contributed by atoms with E-state index >= 15 is 0 Å². The Kier molecular flexibility index (Phi) is 4.31. The third kappa shape index (κ3) is 3.32. The predicted molar refractivity (Wildman–Crippen MR) is 101 cm³/mol. The number of carbonyl (C=O) groups is 2. The van der Waals surface area contributed by atoms with E-state index in [-0.39, 0.29) is 17.4 Å². The monoisotopic (exact) mass is 380 g/mol. The molecule has 0 fully saturated rings. The van der Waals surface area contributed by atoms with Gasteiger partial charge in [-0.05, 0) is 61.9 Å². The summed E-state index contributed by atoms with van der Waals surface area (Å²) in [4.78, 5) is 24.3. The van der Waals surface area contributed by atoms with Crippen molar-refractivity contribution >= 4 is 23.2 Å². The van der Waals surface area contributed by atoms with Gasteiger partial charge in [0.25, 0.3) is 11.8 Å². The van der Waals surface area contributed by atoms with E-state index < -0.39 is 12.0 Å². The van der Waals surface area contributed by atoms with Crippen LogP contribution in [0.3, 0.4) is 0 Å². The molecule has 0 saturated carbocycles. The van der Waals surface area contributed by atoms with Crippen LogP contribution in [0.5, 0.6) is 5.75 Å². The van der Waals surface area contributed by atoms with Gasteiger partial charge in [0.15, 0.2) is 11.8 Å². The summed E-state index contributed by atoms with van der Waals surface area (Å²) in [7, 11) is 0. The second-order valence-electron chi connectivity index (χ2n) is 6.49. The van der Waals surface area contributed by atoms with Crippen molar-refractivity contribution in [2.75, 3.05) is 10.6 Å². The zero-order valence-corrected chi connectivity index (χ0v) is 15.2. The average Bonchev–Trinajstić information content (AvgIpc) is 3.13. The largest absolute Gasteiger partial charge is 0.479 e. The summed E-state index contributed by atoms with van der Waals surface area (Å²) in [5.41, 5.74) is 2.58. The first-order valence-electron chi connectivity index (χ1n) is 8.66. The minimum absolute atomic E-state index is 0.204. The normalized spacial score (nSPS) is 15.4. The maximum absolute atomic E-state index is 13.3. The second-order valence-corrected chi connectivity index (χ2v) is 6.49. The molecule has 7 nitrogen and oxygen atoms in total. The fourth-order valence-corrected chi connectivity index (χ4v) is 2.94. The lowest BCUT2D eigenvalue weighted by Crippen LogP contribution is -2.34. The molecule has 3 aromatic rings. The summed E-state index contributed by atoms with van der Waals surface area (Å²) < 4.78 is 20.3. The number of benzene rings is 2. The van der Waals surface area contributed by atoms with Crippen LogP contribution in [0.1, 0.15) is 23.0 Å². The second kappa shape index (κ2) is 6.80. The number of nitrogens with one attached hydrogen (secondary N) is 2. The van der Waals surface area contributed by atoms with Gasteiger partial charge in [0, 0.05) is 11.9 Å². The van der Waals surface area contributed by atoms with Crippen LogP contribution in [0, 0.1) is 12.7 Å². The highest BCUT2D eigenvalue weighted by Crippen LogP contribution is 2.32. The molecule has 142 valence electrons. The molecule has 0 radical (unpaired) electrons. The summed E-state index contributed by atoms with van der Waals surface area (Å²) in [6.07, 6.45) is 1.07. The number of hydrogen-bond acceptors (Lipinski definition) is 4. The Bertz CT molecular complexity index is 1090. The fraction of sp³-hybridized carbons (Fsp3) is 0.150. The number of rotatable bonds is 3. The molecule has 2 amide bonds. The molecular weight excluding hydrogens is 363 g/mol. The zero-order valence-electron chi connectivity index (χ0n) is 15.2. The summed E-state index contributed by atoms with van der Waals surface area (Å²) in [5, 5.41) is 9.74. The number of aromatic nitrogens is 2. The number of aryl methyl sites for hydroxylation is 1. The highest BCUT2D eigenvalue weighted by atomic mass is 19.1. The minimum atomic E-state index is -0.563. The van der Waals surface area contributed by atoms with Crippen molar-refractivity contribution in [3.05, 3.63) is 65.7 Å². The number of fused-ring (bicyclic) bond motifs is 1. The van der Waals surface area contributed by atoms with E-state index in [0.717, 1.165) is 0 Å². The van der Waals surface area contributed by atoms with Crippen LogP contribution in [-0.4, -0.2) is 27.7 Å². The Morgan fingerprint density at radius 3 is 2.86 bits per heavy atom. The standard InChI is InChI=1S/C20H17FN4O3/c1-11-9-13(21)3-5-17(11)25-8-7-15(24-25)20(27)22-14-4-6-18-16(10-14)23-19(26)12(2)28-18/h3-10,12H,1-2H3,(H,22,27)(H,23,26)/t12-/m1/s1. The molecule has 8 heteroatoms. The van der Waals surface area contributed by atoms with E-state index in [1.54, 1.807) is 50.4 Å². The van der Waals surface area contributed by atoms with Crippen molar-refractivity contribution in [1.29, 1.82) is 0 Å². The van der Waals surface area contributed by atoms with Crippen molar-refractivity contribution < 1.29 is 18.7 Å². The number of halogens is 1. The first-order valence-corrected chi connectivity index (χ1v) is 8.66. The van der Waals surface area contributed by atoms with E-state index in [9.17, 15) is 14.0 Å². The van der Waals surface area contributed by atoms with Gasteiger partial charge in [-0.15, -0.1) is 0 Å². The molecule has 28 heavy (non-hydrogen) atoms. The minimum Gasteiger partial charge on any atom is -0.479 e. The van der Waals surface area contributed by atoms with Crippen LogP contribution >= 0.6 is 0 Å². The fourth-order valence-electron chi connectivity index (χ4n) is 2.94.